The number of hydrogen-bond donors (Lipinski definition) is 0. The molecule has 0 N–H and O–H groups in total. The largest absolute Gasteiger partial charge is 0.0988 e. The topological polar surface area (TPSA) is 0 Å². The number of rotatable bonds is 2. The first kappa shape index (κ1) is 11.2. The van der Waals surface area contributed by atoms with Crippen molar-refractivity contribution >= 4 is 0 Å². The molecule has 0 bridgehead atoms. The van der Waals surface area contributed by atoms with E-state index in [9.17, 15) is 0 Å². The number of benzene rings is 1. The average Bonchev–Trinajstić information content (AvgIpc) is 2.31. The molecule has 2 rings (SSSR count). The molecule has 0 amide bonds. The Kier molecular flexibility index (Phi) is 3.28. The van der Waals surface area contributed by atoms with E-state index in [0.717, 1.165) is 0 Å². The van der Waals surface area contributed by atoms with Crippen molar-refractivity contribution in [2.24, 2.45) is 5.92 Å². The number of aryl methyl sites for hydroxylation is 2. The minimum atomic E-state index is 0.678. The fraction of sp³-hybridized carbons (Fsp3) is 0.375. The maximum Gasteiger partial charge on any atom is -0.0122 e. The van der Waals surface area contributed by atoms with Gasteiger partial charge < -0.3 is 0 Å². The summed E-state index contributed by atoms with van der Waals surface area (Å²) < 4.78 is 0. The van der Waals surface area contributed by atoms with E-state index >= 15 is 0 Å². The summed E-state index contributed by atoms with van der Waals surface area (Å²) in [7, 11) is 0. The van der Waals surface area contributed by atoms with E-state index in [1.807, 2.05) is 6.08 Å². The summed E-state index contributed by atoms with van der Waals surface area (Å²) in [5, 5.41) is 0. The Morgan fingerprint density at radius 1 is 1.38 bits per heavy atom. The summed E-state index contributed by atoms with van der Waals surface area (Å²) in [6.45, 7) is 8.20. The third-order valence-electron chi connectivity index (χ3n) is 3.63. The zero-order valence-corrected chi connectivity index (χ0v) is 10.3. The monoisotopic (exact) mass is 212 g/mol. The SMILES string of the molecule is C=C/C(=C\C)C1CCc2cc(C)ccc2C1. The lowest BCUT2D eigenvalue weighted by molar-refractivity contribution is 0.534. The van der Waals surface area contributed by atoms with Gasteiger partial charge in [0.05, 0.1) is 0 Å². The molecule has 0 aliphatic heterocycles. The van der Waals surface area contributed by atoms with Crippen molar-refractivity contribution in [1.82, 2.24) is 0 Å². The van der Waals surface area contributed by atoms with Gasteiger partial charge in [0.25, 0.3) is 0 Å². The van der Waals surface area contributed by atoms with Crippen LogP contribution in [0.25, 0.3) is 0 Å². The molecular weight excluding hydrogens is 192 g/mol. The zero-order chi connectivity index (χ0) is 11.5. The highest BCUT2D eigenvalue weighted by Gasteiger charge is 2.19. The van der Waals surface area contributed by atoms with Gasteiger partial charge in [0.1, 0.15) is 0 Å². The fourth-order valence-electron chi connectivity index (χ4n) is 2.69. The molecule has 0 aromatic heterocycles. The van der Waals surface area contributed by atoms with Crippen molar-refractivity contribution < 1.29 is 0 Å². The Morgan fingerprint density at radius 2 is 2.19 bits per heavy atom. The van der Waals surface area contributed by atoms with Gasteiger partial charge >= 0.3 is 0 Å². The minimum Gasteiger partial charge on any atom is -0.0988 e. The van der Waals surface area contributed by atoms with Crippen LogP contribution >= 0.6 is 0 Å². The van der Waals surface area contributed by atoms with Gasteiger partial charge in [-0.1, -0.05) is 42.5 Å². The molecule has 1 unspecified atom stereocenters. The Labute approximate surface area is 98.7 Å². The first-order valence-electron chi connectivity index (χ1n) is 6.11. The highest BCUT2D eigenvalue weighted by atomic mass is 14.2. The summed E-state index contributed by atoms with van der Waals surface area (Å²) in [6, 6.07) is 6.87. The van der Waals surface area contributed by atoms with E-state index in [1.54, 1.807) is 5.56 Å². The van der Waals surface area contributed by atoms with Crippen LogP contribution in [0, 0.1) is 12.8 Å². The van der Waals surface area contributed by atoms with E-state index in [2.05, 4.69) is 44.7 Å². The van der Waals surface area contributed by atoms with Crippen molar-refractivity contribution in [1.29, 1.82) is 0 Å². The van der Waals surface area contributed by atoms with Crippen LogP contribution in [-0.4, -0.2) is 0 Å². The molecular formula is C16H20. The van der Waals surface area contributed by atoms with Crippen molar-refractivity contribution in [2.45, 2.75) is 33.1 Å². The van der Waals surface area contributed by atoms with Gasteiger partial charge in [0.2, 0.25) is 0 Å². The highest BCUT2D eigenvalue weighted by Crippen LogP contribution is 2.30. The third kappa shape index (κ3) is 2.11. The van der Waals surface area contributed by atoms with Gasteiger partial charge in [-0.3, -0.25) is 0 Å². The van der Waals surface area contributed by atoms with Gasteiger partial charge in [-0.25, -0.2) is 0 Å². The number of hydrogen-bond acceptors (Lipinski definition) is 0. The number of allylic oxidation sites excluding steroid dienone is 3. The average molecular weight is 212 g/mol. The first-order valence-corrected chi connectivity index (χ1v) is 6.11. The molecule has 84 valence electrons. The maximum absolute atomic E-state index is 3.91. The second-order valence-electron chi connectivity index (χ2n) is 4.70. The molecule has 1 aliphatic rings. The quantitative estimate of drug-likeness (QED) is 0.643. The van der Waals surface area contributed by atoms with Crippen LogP contribution in [0.5, 0.6) is 0 Å². The molecule has 0 spiro atoms. The van der Waals surface area contributed by atoms with E-state index in [-0.39, 0.29) is 0 Å². The molecule has 0 heteroatoms. The van der Waals surface area contributed by atoms with Gasteiger partial charge in [-0.15, -0.1) is 0 Å². The Morgan fingerprint density at radius 3 is 2.88 bits per heavy atom. The predicted octanol–water partition coefficient (Wildman–Crippen LogP) is 4.23. The van der Waals surface area contributed by atoms with Crippen molar-refractivity contribution in [3.8, 4) is 0 Å². The predicted molar refractivity (Wildman–Crippen MR) is 70.6 cm³/mol. The summed E-state index contributed by atoms with van der Waals surface area (Å²) in [5.74, 6) is 0.678. The Bertz CT molecular complexity index is 424. The molecule has 16 heavy (non-hydrogen) atoms. The molecule has 0 heterocycles. The summed E-state index contributed by atoms with van der Waals surface area (Å²) in [6.07, 6.45) is 7.89. The normalized spacial score (nSPS) is 20.4. The van der Waals surface area contributed by atoms with Crippen LogP contribution in [0.1, 0.15) is 30.0 Å². The van der Waals surface area contributed by atoms with E-state index in [4.69, 9.17) is 0 Å². The molecule has 0 saturated heterocycles. The van der Waals surface area contributed by atoms with Crippen molar-refractivity contribution in [2.75, 3.05) is 0 Å². The van der Waals surface area contributed by atoms with Crippen molar-refractivity contribution in [3.63, 3.8) is 0 Å². The van der Waals surface area contributed by atoms with Crippen LogP contribution in [-0.2, 0) is 12.8 Å². The first-order chi connectivity index (χ1) is 7.74. The second kappa shape index (κ2) is 4.69. The molecule has 1 aromatic carbocycles. The lowest BCUT2D eigenvalue weighted by atomic mass is 9.79. The molecule has 0 fully saturated rings. The van der Waals surface area contributed by atoms with Crippen LogP contribution in [0.2, 0.25) is 0 Å². The third-order valence-corrected chi connectivity index (χ3v) is 3.63. The van der Waals surface area contributed by atoms with E-state index < -0.39 is 0 Å². The summed E-state index contributed by atoms with van der Waals surface area (Å²) >= 11 is 0. The summed E-state index contributed by atoms with van der Waals surface area (Å²) in [4.78, 5) is 0. The number of fused-ring (bicyclic) bond motifs is 1. The van der Waals surface area contributed by atoms with Crippen LogP contribution < -0.4 is 0 Å². The zero-order valence-electron chi connectivity index (χ0n) is 10.3. The molecule has 1 atom stereocenters. The Hall–Kier alpha value is -1.30. The molecule has 1 aliphatic carbocycles. The van der Waals surface area contributed by atoms with Crippen LogP contribution in [0.4, 0.5) is 0 Å². The van der Waals surface area contributed by atoms with Crippen molar-refractivity contribution in [3.05, 3.63) is 59.2 Å². The lowest BCUT2D eigenvalue weighted by Gasteiger charge is -2.25. The molecule has 0 radical (unpaired) electrons. The van der Waals surface area contributed by atoms with Crippen LogP contribution in [0.15, 0.2) is 42.5 Å². The van der Waals surface area contributed by atoms with Crippen LogP contribution in [0.3, 0.4) is 0 Å². The van der Waals surface area contributed by atoms with E-state index in [0.29, 0.717) is 5.92 Å². The van der Waals surface area contributed by atoms with Gasteiger partial charge in [-0.05, 0) is 55.7 Å². The minimum absolute atomic E-state index is 0.678. The van der Waals surface area contributed by atoms with Gasteiger partial charge in [0, 0.05) is 0 Å². The molecule has 0 saturated carbocycles. The maximum atomic E-state index is 3.91. The van der Waals surface area contributed by atoms with E-state index in [1.165, 1.54) is 36.0 Å². The lowest BCUT2D eigenvalue weighted by Crippen LogP contribution is -2.15. The molecule has 0 nitrogen and oxygen atoms in total. The highest BCUT2D eigenvalue weighted by molar-refractivity contribution is 5.36. The second-order valence-corrected chi connectivity index (χ2v) is 4.70. The summed E-state index contributed by atoms with van der Waals surface area (Å²) in [5.41, 5.74) is 5.87. The smallest absolute Gasteiger partial charge is 0.0122 e. The standard InChI is InChI=1S/C16H20/c1-4-13(5-2)15-9-8-14-10-12(3)6-7-16(14)11-15/h4-7,10,15H,1,8-9,11H2,2-3H3/b13-5+. The Balaban J connectivity index is 2.24. The van der Waals surface area contributed by atoms with Gasteiger partial charge in [0.15, 0.2) is 0 Å². The van der Waals surface area contributed by atoms with Gasteiger partial charge in [-0.2, -0.15) is 0 Å². The fourth-order valence-corrected chi connectivity index (χ4v) is 2.69. The molecule has 1 aromatic rings.